The molecule has 2 aliphatic heterocycles. The fraction of sp³-hybridized carbons (Fsp3) is 0.500. The third-order valence-electron chi connectivity index (χ3n) is 4.22. The number of amides is 3. The van der Waals surface area contributed by atoms with Gasteiger partial charge in [0.15, 0.2) is 0 Å². The van der Waals surface area contributed by atoms with Crippen LogP contribution in [-0.2, 0) is 11.0 Å². The Morgan fingerprint density at radius 3 is 2.80 bits per heavy atom. The van der Waals surface area contributed by atoms with E-state index in [0.29, 0.717) is 18.6 Å². The van der Waals surface area contributed by atoms with Crippen molar-refractivity contribution < 1.29 is 27.5 Å². The summed E-state index contributed by atoms with van der Waals surface area (Å²) in [4.78, 5) is 25.6. The van der Waals surface area contributed by atoms with Gasteiger partial charge in [-0.1, -0.05) is 6.07 Å². The van der Waals surface area contributed by atoms with Crippen LogP contribution in [-0.4, -0.2) is 47.0 Å². The lowest BCUT2D eigenvalue weighted by molar-refractivity contribution is -0.137. The first-order valence-corrected chi connectivity index (χ1v) is 8.99. The highest BCUT2D eigenvalue weighted by atomic mass is 32.2. The molecular formula is C16H17F3N2O3S. The molecule has 0 unspecified atom stereocenters. The highest BCUT2D eigenvalue weighted by molar-refractivity contribution is 7.99. The number of nitrogens with zero attached hydrogens (tertiary/aromatic N) is 1. The van der Waals surface area contributed by atoms with Crippen LogP contribution in [0.2, 0.25) is 0 Å². The first kappa shape index (κ1) is 17.9. The van der Waals surface area contributed by atoms with Gasteiger partial charge in [0.1, 0.15) is 11.3 Å². The van der Waals surface area contributed by atoms with Gasteiger partial charge in [-0.05, 0) is 36.8 Å². The molecule has 9 heteroatoms. The molecule has 0 saturated carbocycles. The molecule has 1 N–H and O–H groups in total. The minimum absolute atomic E-state index is 0.107. The number of thioether (sulfide) groups is 1. The Balaban J connectivity index is 1.51. The summed E-state index contributed by atoms with van der Waals surface area (Å²) in [6.45, 7) is 0.288. The summed E-state index contributed by atoms with van der Waals surface area (Å²) < 4.78 is 43.3. The third-order valence-corrected chi connectivity index (χ3v) is 5.41. The molecule has 0 aromatic heterocycles. The number of benzene rings is 1. The summed E-state index contributed by atoms with van der Waals surface area (Å²) >= 11 is 1.63. The van der Waals surface area contributed by atoms with Gasteiger partial charge in [-0.15, -0.1) is 0 Å². The maximum atomic E-state index is 12.6. The fourth-order valence-corrected chi connectivity index (χ4v) is 4.21. The zero-order valence-corrected chi connectivity index (χ0v) is 14.1. The zero-order chi connectivity index (χ0) is 18.1. The minimum Gasteiger partial charge on any atom is -0.494 e. The summed E-state index contributed by atoms with van der Waals surface area (Å²) in [5.74, 6) is 1.30. The lowest BCUT2D eigenvalue weighted by atomic mass is 9.99. The zero-order valence-electron chi connectivity index (χ0n) is 13.3. The van der Waals surface area contributed by atoms with E-state index in [0.717, 1.165) is 17.9 Å². The molecule has 0 bridgehead atoms. The van der Waals surface area contributed by atoms with E-state index in [2.05, 4.69) is 5.32 Å². The second kappa shape index (κ2) is 6.78. The monoisotopic (exact) mass is 374 g/mol. The van der Waals surface area contributed by atoms with Crippen LogP contribution in [0.3, 0.4) is 0 Å². The highest BCUT2D eigenvalue weighted by Gasteiger charge is 2.52. The van der Waals surface area contributed by atoms with Crippen molar-refractivity contribution in [2.24, 2.45) is 0 Å². The number of imide groups is 1. The standard InChI is InChI=1S/C16H17F3N2O3S/c17-16(18,19)11-3-1-4-12(9-11)24-7-2-6-21-13(22)15(20-14(21)23)5-8-25-10-15/h1,3-4,9H,2,5-8,10H2,(H,20,23)/t15-/m0/s1. The van der Waals surface area contributed by atoms with Gasteiger partial charge < -0.3 is 10.1 Å². The SMILES string of the molecule is O=C1N[C@]2(CCSC2)C(=O)N1CCCOc1cccc(C(F)(F)F)c1. The van der Waals surface area contributed by atoms with E-state index in [-0.39, 0.29) is 24.8 Å². The van der Waals surface area contributed by atoms with Crippen molar-refractivity contribution in [1.82, 2.24) is 10.2 Å². The van der Waals surface area contributed by atoms with E-state index in [1.54, 1.807) is 11.8 Å². The van der Waals surface area contributed by atoms with Gasteiger partial charge in [-0.2, -0.15) is 24.9 Å². The molecule has 3 amide bonds. The molecule has 0 radical (unpaired) electrons. The van der Waals surface area contributed by atoms with Gasteiger partial charge in [0, 0.05) is 12.3 Å². The lowest BCUT2D eigenvalue weighted by Crippen LogP contribution is -2.47. The van der Waals surface area contributed by atoms with Crippen LogP contribution in [0.4, 0.5) is 18.0 Å². The van der Waals surface area contributed by atoms with Gasteiger partial charge in [0.2, 0.25) is 0 Å². The molecule has 136 valence electrons. The summed E-state index contributed by atoms with van der Waals surface area (Å²) in [6.07, 6.45) is -3.45. The largest absolute Gasteiger partial charge is 0.494 e. The van der Waals surface area contributed by atoms with Crippen molar-refractivity contribution >= 4 is 23.7 Å². The third kappa shape index (κ3) is 3.70. The van der Waals surface area contributed by atoms with Gasteiger partial charge in [-0.3, -0.25) is 9.69 Å². The van der Waals surface area contributed by atoms with Crippen LogP contribution >= 0.6 is 11.8 Å². The first-order chi connectivity index (χ1) is 11.8. The highest BCUT2D eigenvalue weighted by Crippen LogP contribution is 2.33. The van der Waals surface area contributed by atoms with Gasteiger partial charge in [0.25, 0.3) is 5.91 Å². The molecule has 0 aliphatic carbocycles. The Morgan fingerprint density at radius 2 is 2.12 bits per heavy atom. The second-order valence-electron chi connectivity index (χ2n) is 6.00. The Bertz CT molecular complexity index is 675. The van der Waals surface area contributed by atoms with E-state index in [4.69, 9.17) is 4.74 Å². The van der Waals surface area contributed by atoms with Crippen LogP contribution in [0.25, 0.3) is 0 Å². The van der Waals surface area contributed by atoms with E-state index < -0.39 is 23.3 Å². The number of ether oxygens (including phenoxy) is 1. The molecule has 1 spiro atoms. The molecule has 1 aromatic carbocycles. The Kier molecular flexibility index (Phi) is 4.86. The van der Waals surface area contributed by atoms with Crippen molar-refractivity contribution in [3.05, 3.63) is 29.8 Å². The Morgan fingerprint density at radius 1 is 1.32 bits per heavy atom. The number of nitrogens with one attached hydrogen (secondary N) is 1. The molecule has 2 aliphatic rings. The van der Waals surface area contributed by atoms with Gasteiger partial charge in [-0.25, -0.2) is 4.79 Å². The van der Waals surface area contributed by atoms with Crippen molar-refractivity contribution in [3.8, 4) is 5.75 Å². The number of alkyl halides is 3. The van der Waals surface area contributed by atoms with Crippen LogP contribution in [0.15, 0.2) is 24.3 Å². The van der Waals surface area contributed by atoms with Gasteiger partial charge >= 0.3 is 12.2 Å². The molecule has 5 nitrogen and oxygen atoms in total. The average Bonchev–Trinajstić information content (AvgIpc) is 3.11. The van der Waals surface area contributed by atoms with Crippen molar-refractivity contribution in [3.63, 3.8) is 0 Å². The molecular weight excluding hydrogens is 357 g/mol. The molecule has 2 heterocycles. The summed E-state index contributed by atoms with van der Waals surface area (Å²) in [6, 6.07) is 4.20. The van der Waals surface area contributed by atoms with Crippen molar-refractivity contribution in [2.75, 3.05) is 24.7 Å². The predicted octanol–water partition coefficient (Wildman–Crippen LogP) is 2.90. The van der Waals surface area contributed by atoms with Crippen LogP contribution in [0.1, 0.15) is 18.4 Å². The van der Waals surface area contributed by atoms with Crippen molar-refractivity contribution in [1.29, 1.82) is 0 Å². The number of carbonyl (C=O) groups excluding carboxylic acids is 2. The quantitative estimate of drug-likeness (QED) is 0.636. The predicted molar refractivity (Wildman–Crippen MR) is 86.5 cm³/mol. The number of urea groups is 1. The van der Waals surface area contributed by atoms with E-state index >= 15 is 0 Å². The number of carbonyl (C=O) groups is 2. The van der Waals surface area contributed by atoms with Crippen LogP contribution in [0, 0.1) is 0 Å². The number of hydrogen-bond donors (Lipinski definition) is 1. The molecule has 3 rings (SSSR count). The fourth-order valence-electron chi connectivity index (χ4n) is 2.89. The first-order valence-electron chi connectivity index (χ1n) is 7.84. The molecule has 1 atom stereocenters. The van der Waals surface area contributed by atoms with Crippen LogP contribution in [0.5, 0.6) is 5.75 Å². The van der Waals surface area contributed by atoms with Gasteiger partial charge in [0.05, 0.1) is 12.2 Å². The van der Waals surface area contributed by atoms with Crippen LogP contribution < -0.4 is 10.1 Å². The normalized spacial score (nSPS) is 23.4. The lowest BCUT2D eigenvalue weighted by Gasteiger charge is -2.19. The number of halogens is 3. The molecule has 1 aromatic rings. The Labute approximate surface area is 146 Å². The Hall–Kier alpha value is -1.90. The number of rotatable bonds is 5. The smallest absolute Gasteiger partial charge is 0.416 e. The summed E-state index contributed by atoms with van der Waals surface area (Å²) in [5, 5.41) is 2.76. The average molecular weight is 374 g/mol. The number of hydrogen-bond acceptors (Lipinski definition) is 4. The van der Waals surface area contributed by atoms with E-state index in [1.807, 2.05) is 0 Å². The van der Waals surface area contributed by atoms with Crippen molar-refractivity contribution in [2.45, 2.75) is 24.6 Å². The minimum atomic E-state index is -4.42. The summed E-state index contributed by atoms with van der Waals surface area (Å²) in [7, 11) is 0. The second-order valence-corrected chi connectivity index (χ2v) is 7.10. The molecule has 25 heavy (non-hydrogen) atoms. The maximum absolute atomic E-state index is 12.6. The summed E-state index contributed by atoms with van der Waals surface area (Å²) in [5.41, 5.74) is -1.55. The molecule has 2 fully saturated rings. The maximum Gasteiger partial charge on any atom is 0.416 e. The molecule has 2 saturated heterocycles. The van der Waals surface area contributed by atoms with E-state index in [9.17, 15) is 22.8 Å². The van der Waals surface area contributed by atoms with E-state index in [1.165, 1.54) is 17.0 Å². The topological polar surface area (TPSA) is 58.6 Å².